The minimum atomic E-state index is -0.291. The van der Waals surface area contributed by atoms with Crippen LogP contribution in [-0.2, 0) is 0 Å². The van der Waals surface area contributed by atoms with Crippen molar-refractivity contribution < 1.29 is 4.39 Å². The van der Waals surface area contributed by atoms with Gasteiger partial charge in [0.2, 0.25) is 0 Å². The first-order valence-electron chi connectivity index (χ1n) is 6.26. The highest BCUT2D eigenvalue weighted by atomic mass is 127. The van der Waals surface area contributed by atoms with Crippen molar-refractivity contribution in [2.45, 2.75) is 20.3 Å². The lowest BCUT2D eigenvalue weighted by Gasteiger charge is -2.11. The summed E-state index contributed by atoms with van der Waals surface area (Å²) in [6.07, 6.45) is 1.02. The Morgan fingerprint density at radius 1 is 1.35 bits per heavy atom. The van der Waals surface area contributed by atoms with Gasteiger partial charge in [-0.2, -0.15) is 0 Å². The Morgan fingerprint density at radius 3 is 2.75 bits per heavy atom. The van der Waals surface area contributed by atoms with E-state index in [-0.39, 0.29) is 5.82 Å². The minimum Gasteiger partial charge on any atom is -0.369 e. The molecule has 0 unspecified atom stereocenters. The fraction of sp³-hybridized carbons (Fsp3) is 0.286. The predicted octanol–water partition coefficient (Wildman–Crippen LogP) is 4.78. The molecule has 0 aliphatic heterocycles. The average Bonchev–Trinajstić information content (AvgIpc) is 2.43. The van der Waals surface area contributed by atoms with E-state index in [1.807, 2.05) is 6.92 Å². The summed E-state index contributed by atoms with van der Waals surface area (Å²) in [4.78, 5) is 9.02. The van der Waals surface area contributed by atoms with Gasteiger partial charge in [-0.3, -0.25) is 0 Å². The van der Waals surface area contributed by atoms with Crippen LogP contribution in [0.5, 0.6) is 0 Å². The van der Waals surface area contributed by atoms with Crippen LogP contribution < -0.4 is 5.32 Å². The number of rotatable bonds is 4. The molecule has 1 heterocycles. The third-order valence-electron chi connectivity index (χ3n) is 2.74. The highest BCUT2D eigenvalue weighted by Crippen LogP contribution is 2.26. The number of benzene rings is 1. The van der Waals surface area contributed by atoms with Gasteiger partial charge in [0, 0.05) is 12.1 Å². The number of aromatic nitrogens is 2. The maximum Gasteiger partial charge on any atom is 0.161 e. The highest BCUT2D eigenvalue weighted by Gasteiger charge is 2.11. The zero-order chi connectivity index (χ0) is 14.7. The standard InChI is InChI=1S/C14H14BrFIN3/c1-3-6-18-14-12(17)8(2)19-13(20-14)9-4-5-11(16)10(15)7-9/h4-5,7H,3,6H2,1-2H3,(H,18,19,20). The van der Waals surface area contributed by atoms with Crippen molar-refractivity contribution in [1.82, 2.24) is 9.97 Å². The summed E-state index contributed by atoms with van der Waals surface area (Å²) >= 11 is 5.43. The summed E-state index contributed by atoms with van der Waals surface area (Å²) in [5, 5.41) is 3.30. The number of anilines is 1. The van der Waals surface area contributed by atoms with Crippen molar-refractivity contribution in [2.24, 2.45) is 0 Å². The molecule has 0 amide bonds. The monoisotopic (exact) mass is 449 g/mol. The molecule has 0 bridgehead atoms. The number of nitrogens with one attached hydrogen (secondary N) is 1. The molecule has 20 heavy (non-hydrogen) atoms. The lowest BCUT2D eigenvalue weighted by atomic mass is 10.2. The van der Waals surface area contributed by atoms with Gasteiger partial charge >= 0.3 is 0 Å². The normalized spacial score (nSPS) is 10.7. The van der Waals surface area contributed by atoms with Crippen LogP contribution in [0.4, 0.5) is 10.2 Å². The molecule has 0 atom stereocenters. The highest BCUT2D eigenvalue weighted by molar-refractivity contribution is 14.1. The summed E-state index contributed by atoms with van der Waals surface area (Å²) in [6, 6.07) is 4.79. The van der Waals surface area contributed by atoms with Gasteiger partial charge in [0.25, 0.3) is 0 Å². The molecule has 106 valence electrons. The van der Waals surface area contributed by atoms with Crippen LogP contribution in [0, 0.1) is 16.3 Å². The van der Waals surface area contributed by atoms with Crippen molar-refractivity contribution in [3.8, 4) is 11.4 Å². The van der Waals surface area contributed by atoms with Crippen molar-refractivity contribution in [2.75, 3.05) is 11.9 Å². The van der Waals surface area contributed by atoms with Crippen LogP contribution in [-0.4, -0.2) is 16.5 Å². The molecule has 1 aromatic heterocycles. The van der Waals surface area contributed by atoms with E-state index in [1.165, 1.54) is 6.07 Å². The van der Waals surface area contributed by atoms with Crippen LogP contribution >= 0.6 is 38.5 Å². The van der Waals surface area contributed by atoms with Crippen LogP contribution in [0.1, 0.15) is 19.0 Å². The van der Waals surface area contributed by atoms with Gasteiger partial charge in [-0.15, -0.1) is 0 Å². The summed E-state index contributed by atoms with van der Waals surface area (Å²) < 4.78 is 14.7. The number of nitrogens with zero attached hydrogens (tertiary/aromatic N) is 2. The van der Waals surface area contributed by atoms with E-state index in [0.29, 0.717) is 10.3 Å². The maximum absolute atomic E-state index is 13.3. The van der Waals surface area contributed by atoms with Crippen molar-refractivity contribution in [3.63, 3.8) is 0 Å². The van der Waals surface area contributed by atoms with E-state index in [4.69, 9.17) is 0 Å². The Labute approximate surface area is 139 Å². The number of hydrogen-bond acceptors (Lipinski definition) is 3. The topological polar surface area (TPSA) is 37.8 Å². The second kappa shape index (κ2) is 6.80. The van der Waals surface area contributed by atoms with Gasteiger partial charge in [0.05, 0.1) is 13.7 Å². The van der Waals surface area contributed by atoms with Gasteiger partial charge in [-0.1, -0.05) is 6.92 Å². The maximum atomic E-state index is 13.3. The summed E-state index contributed by atoms with van der Waals surface area (Å²) in [5.74, 6) is 1.14. The molecular formula is C14H14BrFIN3. The van der Waals surface area contributed by atoms with Gasteiger partial charge < -0.3 is 5.32 Å². The van der Waals surface area contributed by atoms with E-state index >= 15 is 0 Å². The zero-order valence-electron chi connectivity index (χ0n) is 11.2. The molecule has 0 radical (unpaired) electrons. The average molecular weight is 450 g/mol. The van der Waals surface area contributed by atoms with E-state index in [9.17, 15) is 4.39 Å². The third-order valence-corrected chi connectivity index (χ3v) is 4.64. The molecule has 2 rings (SSSR count). The molecule has 6 heteroatoms. The SMILES string of the molecule is CCCNc1nc(-c2ccc(F)c(Br)c2)nc(C)c1I. The summed E-state index contributed by atoms with van der Waals surface area (Å²) in [5.41, 5.74) is 1.70. The van der Waals surface area contributed by atoms with E-state index in [1.54, 1.807) is 12.1 Å². The predicted molar refractivity (Wildman–Crippen MR) is 91.4 cm³/mol. The minimum absolute atomic E-state index is 0.291. The molecule has 0 fully saturated rings. The smallest absolute Gasteiger partial charge is 0.161 e. The molecule has 0 aliphatic rings. The third kappa shape index (κ3) is 3.46. The van der Waals surface area contributed by atoms with Crippen molar-refractivity contribution >= 4 is 44.3 Å². The van der Waals surface area contributed by atoms with Crippen LogP contribution in [0.2, 0.25) is 0 Å². The summed E-state index contributed by atoms with van der Waals surface area (Å²) in [6.45, 7) is 4.91. The van der Waals surface area contributed by atoms with Crippen molar-refractivity contribution in [3.05, 3.63) is 37.8 Å². The molecular weight excluding hydrogens is 436 g/mol. The first-order valence-corrected chi connectivity index (χ1v) is 8.13. The molecule has 1 N–H and O–H groups in total. The van der Waals surface area contributed by atoms with E-state index < -0.39 is 0 Å². The van der Waals surface area contributed by atoms with Crippen LogP contribution in [0.3, 0.4) is 0 Å². The van der Waals surface area contributed by atoms with Gasteiger partial charge in [0.1, 0.15) is 11.6 Å². The fourth-order valence-electron chi connectivity index (χ4n) is 1.68. The molecule has 0 saturated heterocycles. The molecule has 0 spiro atoms. The first kappa shape index (κ1) is 15.6. The molecule has 2 aromatic rings. The quantitative estimate of drug-likeness (QED) is 0.682. The van der Waals surface area contributed by atoms with E-state index in [2.05, 4.69) is 60.7 Å². The molecule has 3 nitrogen and oxygen atoms in total. The lowest BCUT2D eigenvalue weighted by Crippen LogP contribution is -2.07. The van der Waals surface area contributed by atoms with Gasteiger partial charge in [0.15, 0.2) is 5.82 Å². The first-order chi connectivity index (χ1) is 9.52. The van der Waals surface area contributed by atoms with Gasteiger partial charge in [-0.25, -0.2) is 14.4 Å². The van der Waals surface area contributed by atoms with Crippen LogP contribution in [0.25, 0.3) is 11.4 Å². The van der Waals surface area contributed by atoms with Crippen LogP contribution in [0.15, 0.2) is 22.7 Å². The Morgan fingerprint density at radius 2 is 2.10 bits per heavy atom. The Kier molecular flexibility index (Phi) is 5.31. The lowest BCUT2D eigenvalue weighted by molar-refractivity contribution is 0.621. The Hall–Kier alpha value is -0.760. The molecule has 0 aliphatic carbocycles. The second-order valence-corrected chi connectivity index (χ2v) is 6.28. The zero-order valence-corrected chi connectivity index (χ0v) is 14.9. The number of aryl methyl sites for hydroxylation is 1. The molecule has 1 aromatic carbocycles. The Balaban J connectivity index is 2.45. The van der Waals surface area contributed by atoms with E-state index in [0.717, 1.165) is 33.6 Å². The fourth-order valence-corrected chi connectivity index (χ4v) is 2.49. The number of hydrogen-bond donors (Lipinski definition) is 1. The largest absolute Gasteiger partial charge is 0.369 e. The second-order valence-electron chi connectivity index (χ2n) is 4.35. The van der Waals surface area contributed by atoms with Gasteiger partial charge in [-0.05, 0) is 70.1 Å². The summed E-state index contributed by atoms with van der Waals surface area (Å²) in [7, 11) is 0. The number of halogens is 3. The molecule has 0 saturated carbocycles. The Bertz CT molecular complexity index is 634. The van der Waals surface area contributed by atoms with Crippen molar-refractivity contribution in [1.29, 1.82) is 0 Å².